The minimum Gasteiger partial charge on any atom is -0.469 e. The van der Waals surface area contributed by atoms with E-state index in [0.717, 1.165) is 22.5 Å². The summed E-state index contributed by atoms with van der Waals surface area (Å²) in [5.74, 6) is -0.823. The average Bonchev–Trinajstić information content (AvgIpc) is 2.76. The number of benzene rings is 1. The first-order chi connectivity index (χ1) is 15.6. The quantitative estimate of drug-likeness (QED) is 0.458. The smallest absolute Gasteiger partial charge is 0.308 e. The molecule has 0 aliphatic heterocycles. The number of ether oxygens (including phenoxy) is 1. The van der Waals surface area contributed by atoms with E-state index >= 15 is 0 Å². The van der Waals surface area contributed by atoms with Crippen LogP contribution in [0.2, 0.25) is 0 Å². The van der Waals surface area contributed by atoms with Crippen molar-refractivity contribution in [2.24, 2.45) is 0 Å². The van der Waals surface area contributed by atoms with Gasteiger partial charge in [0.25, 0.3) is 0 Å². The second-order valence-electron chi connectivity index (χ2n) is 8.72. The van der Waals surface area contributed by atoms with E-state index < -0.39 is 18.2 Å². The van der Waals surface area contributed by atoms with E-state index in [-0.39, 0.29) is 37.1 Å². The van der Waals surface area contributed by atoms with Crippen LogP contribution in [0.15, 0.2) is 30.3 Å². The van der Waals surface area contributed by atoms with Crippen LogP contribution >= 0.6 is 0 Å². The fourth-order valence-corrected chi connectivity index (χ4v) is 3.79. The highest BCUT2D eigenvalue weighted by molar-refractivity contribution is 5.80. The van der Waals surface area contributed by atoms with Crippen LogP contribution in [-0.2, 0) is 16.1 Å². The monoisotopic (exact) mass is 459 g/mol. The maximum atomic E-state index is 13.6. The lowest BCUT2D eigenvalue weighted by atomic mass is 9.87. The van der Waals surface area contributed by atoms with Crippen LogP contribution in [0.25, 0.3) is 17.2 Å². The van der Waals surface area contributed by atoms with Crippen LogP contribution in [0.3, 0.4) is 0 Å². The van der Waals surface area contributed by atoms with E-state index in [2.05, 4.69) is 4.74 Å². The Morgan fingerprint density at radius 1 is 1.09 bits per heavy atom. The summed E-state index contributed by atoms with van der Waals surface area (Å²) in [4.78, 5) is 16.2. The van der Waals surface area contributed by atoms with Crippen molar-refractivity contribution >= 4 is 12.0 Å². The zero-order valence-electron chi connectivity index (χ0n) is 19.9. The first-order valence-electron chi connectivity index (χ1n) is 11.1. The molecule has 1 aromatic carbocycles. The molecule has 0 aliphatic carbocycles. The van der Waals surface area contributed by atoms with Crippen LogP contribution in [0, 0.1) is 5.82 Å². The van der Waals surface area contributed by atoms with Crippen molar-refractivity contribution in [2.45, 2.75) is 71.2 Å². The summed E-state index contributed by atoms with van der Waals surface area (Å²) in [5.41, 5.74) is 4.39. The van der Waals surface area contributed by atoms with Crippen molar-refractivity contribution in [1.29, 1.82) is 0 Å². The molecule has 2 aromatic rings. The van der Waals surface area contributed by atoms with E-state index in [0.29, 0.717) is 11.1 Å². The highest BCUT2D eigenvalue weighted by Gasteiger charge is 2.23. The summed E-state index contributed by atoms with van der Waals surface area (Å²) in [5, 5.41) is 30.7. The van der Waals surface area contributed by atoms with E-state index in [1.807, 2.05) is 27.7 Å². The van der Waals surface area contributed by atoms with Gasteiger partial charge in [0.2, 0.25) is 0 Å². The molecule has 0 saturated carbocycles. The Balaban J connectivity index is 2.60. The Kier molecular flexibility index (Phi) is 9.70. The number of aliphatic hydroxyl groups is 3. The first-order valence-corrected chi connectivity index (χ1v) is 11.1. The second kappa shape index (κ2) is 12.0. The van der Waals surface area contributed by atoms with Crippen LogP contribution in [0.1, 0.15) is 74.9 Å². The second-order valence-corrected chi connectivity index (χ2v) is 8.72. The Morgan fingerprint density at radius 2 is 1.70 bits per heavy atom. The molecule has 2 rings (SSSR count). The zero-order chi connectivity index (χ0) is 24.7. The number of pyridine rings is 1. The molecule has 2 atom stereocenters. The third kappa shape index (κ3) is 6.93. The molecule has 0 fully saturated rings. The van der Waals surface area contributed by atoms with E-state index in [9.17, 15) is 24.5 Å². The largest absolute Gasteiger partial charge is 0.469 e. The molecule has 0 spiro atoms. The summed E-state index contributed by atoms with van der Waals surface area (Å²) in [6, 6.07) is 6.05. The Morgan fingerprint density at radius 3 is 2.21 bits per heavy atom. The molecule has 0 amide bonds. The number of methoxy groups -OCH3 is 1. The summed E-state index contributed by atoms with van der Waals surface area (Å²) < 4.78 is 18.2. The number of hydrogen-bond acceptors (Lipinski definition) is 6. The maximum absolute atomic E-state index is 13.6. The van der Waals surface area contributed by atoms with Gasteiger partial charge in [0.1, 0.15) is 5.82 Å². The third-order valence-corrected chi connectivity index (χ3v) is 5.41. The maximum Gasteiger partial charge on any atom is 0.308 e. The van der Waals surface area contributed by atoms with Gasteiger partial charge in [0.15, 0.2) is 0 Å². The van der Waals surface area contributed by atoms with Crippen molar-refractivity contribution in [3.63, 3.8) is 0 Å². The van der Waals surface area contributed by atoms with Gasteiger partial charge in [-0.15, -0.1) is 0 Å². The van der Waals surface area contributed by atoms with Crippen molar-refractivity contribution in [1.82, 2.24) is 4.98 Å². The van der Waals surface area contributed by atoms with Crippen LogP contribution in [0.5, 0.6) is 0 Å². The molecule has 1 heterocycles. The summed E-state index contributed by atoms with van der Waals surface area (Å²) in [6.45, 7) is 7.78. The predicted molar refractivity (Wildman–Crippen MR) is 126 cm³/mol. The number of hydrogen-bond donors (Lipinski definition) is 3. The molecule has 0 saturated heterocycles. The minimum atomic E-state index is -1.05. The SMILES string of the molecule is COC(=O)C[C@@H](O)C[C@H](O)/C=C/c1c(C(C)C)nc(C(C)C)c(CO)c1-c1ccc(F)cc1. The first kappa shape index (κ1) is 26.6. The van der Waals surface area contributed by atoms with E-state index in [1.54, 1.807) is 18.2 Å². The lowest BCUT2D eigenvalue weighted by Gasteiger charge is -2.23. The normalized spacial score (nSPS) is 13.7. The van der Waals surface area contributed by atoms with Gasteiger partial charge >= 0.3 is 5.97 Å². The minimum absolute atomic E-state index is 0.0381. The molecular formula is C26H34FNO5. The zero-order valence-corrected chi connectivity index (χ0v) is 19.9. The molecule has 0 bridgehead atoms. The number of rotatable bonds is 10. The molecule has 33 heavy (non-hydrogen) atoms. The van der Waals surface area contributed by atoms with Gasteiger partial charge in [-0.05, 0) is 35.1 Å². The van der Waals surface area contributed by atoms with E-state index in [4.69, 9.17) is 4.98 Å². The summed E-state index contributed by atoms with van der Waals surface area (Å²) >= 11 is 0. The summed E-state index contributed by atoms with van der Waals surface area (Å²) in [7, 11) is 1.24. The number of carbonyl (C=O) groups is 1. The predicted octanol–water partition coefficient (Wildman–Crippen LogP) is 4.32. The molecule has 180 valence electrons. The topological polar surface area (TPSA) is 99.9 Å². The Bertz CT molecular complexity index is 970. The molecule has 1 aromatic heterocycles. The van der Waals surface area contributed by atoms with Gasteiger partial charge in [-0.1, -0.05) is 52.0 Å². The number of halogens is 1. The van der Waals surface area contributed by atoms with Crippen molar-refractivity contribution in [3.05, 3.63) is 58.7 Å². The highest BCUT2D eigenvalue weighted by atomic mass is 19.1. The van der Waals surface area contributed by atoms with E-state index in [1.165, 1.54) is 25.3 Å². The lowest BCUT2D eigenvalue weighted by molar-refractivity contribution is -0.143. The van der Waals surface area contributed by atoms with Gasteiger partial charge in [-0.3, -0.25) is 9.78 Å². The highest BCUT2D eigenvalue weighted by Crippen LogP contribution is 2.37. The van der Waals surface area contributed by atoms with Crippen LogP contribution in [0.4, 0.5) is 4.39 Å². The molecule has 0 unspecified atom stereocenters. The number of nitrogens with zero attached hydrogens (tertiary/aromatic N) is 1. The number of esters is 1. The molecule has 3 N–H and O–H groups in total. The number of aromatic nitrogens is 1. The molecule has 0 radical (unpaired) electrons. The molecule has 7 heteroatoms. The fraction of sp³-hybridized carbons (Fsp3) is 0.462. The van der Waals surface area contributed by atoms with Gasteiger partial charge in [0.05, 0.1) is 38.0 Å². The van der Waals surface area contributed by atoms with Crippen molar-refractivity contribution in [3.8, 4) is 11.1 Å². The van der Waals surface area contributed by atoms with Crippen molar-refractivity contribution < 1.29 is 29.2 Å². The van der Waals surface area contributed by atoms with Crippen LogP contribution < -0.4 is 0 Å². The third-order valence-electron chi connectivity index (χ3n) is 5.41. The van der Waals surface area contributed by atoms with Crippen LogP contribution in [-0.4, -0.2) is 45.6 Å². The molecule has 6 nitrogen and oxygen atoms in total. The fourth-order valence-electron chi connectivity index (χ4n) is 3.79. The average molecular weight is 460 g/mol. The lowest BCUT2D eigenvalue weighted by Crippen LogP contribution is -2.20. The molecular weight excluding hydrogens is 425 g/mol. The number of carbonyl (C=O) groups excluding carboxylic acids is 1. The Hall–Kier alpha value is -2.61. The van der Waals surface area contributed by atoms with Gasteiger partial charge in [-0.2, -0.15) is 0 Å². The Labute approximate surface area is 194 Å². The summed E-state index contributed by atoms with van der Waals surface area (Å²) in [6.07, 6.45) is 0.935. The van der Waals surface area contributed by atoms with Crippen molar-refractivity contribution in [2.75, 3.05) is 7.11 Å². The standard InChI is InChI=1S/C26H34FNO5/c1-15(2)25-21(11-10-19(30)12-20(31)13-23(32)33-5)24(17-6-8-18(27)9-7-17)22(14-29)26(28-25)16(3)4/h6-11,15-16,19-20,29-31H,12-14H2,1-5H3/b11-10+/t19-,20+/m1/s1. The van der Waals surface area contributed by atoms with Gasteiger partial charge in [-0.25, -0.2) is 4.39 Å². The van der Waals surface area contributed by atoms with Gasteiger partial charge < -0.3 is 20.1 Å². The van der Waals surface area contributed by atoms with Gasteiger partial charge in [0, 0.05) is 23.2 Å². The molecule has 0 aliphatic rings. The number of aliphatic hydroxyl groups excluding tert-OH is 3.